The predicted molar refractivity (Wildman–Crippen MR) is 43.0 cm³/mol. The molecular weight excluding hydrogens is 192 g/mol. The van der Waals surface area contributed by atoms with Gasteiger partial charge in [0.05, 0.1) is 6.61 Å². The highest BCUT2D eigenvalue weighted by atomic mass is 79.9. The topological polar surface area (TPSA) is 12.5 Å². The van der Waals surface area contributed by atoms with Crippen LogP contribution in [0.4, 0.5) is 0 Å². The van der Waals surface area contributed by atoms with Crippen molar-refractivity contribution >= 4 is 15.9 Å². The molecule has 1 atom stereocenters. The first-order valence-corrected chi connectivity index (χ1v) is 3.99. The molecule has 1 fully saturated rings. The van der Waals surface area contributed by atoms with E-state index in [1.165, 1.54) is 5.56 Å². The standard InChI is InChI=1S/C8H7BrO/c9-8(6-10-8)7-4-2-1-3-5-7/h1-5H,6H2. The molecule has 1 unspecified atom stereocenters. The van der Waals surface area contributed by atoms with E-state index in [2.05, 4.69) is 28.1 Å². The summed E-state index contributed by atoms with van der Waals surface area (Å²) in [6, 6.07) is 10.1. The quantitative estimate of drug-likeness (QED) is 0.499. The molecular formula is C8H7BrO. The van der Waals surface area contributed by atoms with E-state index >= 15 is 0 Å². The summed E-state index contributed by atoms with van der Waals surface area (Å²) < 4.78 is 5.05. The van der Waals surface area contributed by atoms with Crippen molar-refractivity contribution in [1.29, 1.82) is 0 Å². The van der Waals surface area contributed by atoms with Crippen LogP contribution in [-0.2, 0) is 9.25 Å². The zero-order chi connectivity index (χ0) is 7.03. The average Bonchev–Trinajstić information content (AvgIpc) is 2.72. The summed E-state index contributed by atoms with van der Waals surface area (Å²) in [5.41, 5.74) is 1.20. The van der Waals surface area contributed by atoms with Gasteiger partial charge >= 0.3 is 0 Å². The van der Waals surface area contributed by atoms with Crippen molar-refractivity contribution in [2.75, 3.05) is 6.61 Å². The number of hydrogen-bond donors (Lipinski definition) is 0. The highest BCUT2D eigenvalue weighted by Gasteiger charge is 2.43. The first-order chi connectivity index (χ1) is 4.81. The maximum atomic E-state index is 5.20. The Balaban J connectivity index is 2.35. The molecule has 1 aromatic rings. The average molecular weight is 199 g/mol. The van der Waals surface area contributed by atoms with Crippen LogP contribution in [0.25, 0.3) is 0 Å². The molecule has 0 saturated carbocycles. The molecule has 10 heavy (non-hydrogen) atoms. The van der Waals surface area contributed by atoms with Crippen molar-refractivity contribution < 1.29 is 4.74 Å². The van der Waals surface area contributed by atoms with Crippen molar-refractivity contribution in [1.82, 2.24) is 0 Å². The lowest BCUT2D eigenvalue weighted by Crippen LogP contribution is -1.95. The van der Waals surface area contributed by atoms with Crippen molar-refractivity contribution in [2.24, 2.45) is 0 Å². The van der Waals surface area contributed by atoms with Gasteiger partial charge in [0.2, 0.25) is 0 Å². The lowest BCUT2D eigenvalue weighted by Gasteiger charge is -2.00. The minimum Gasteiger partial charge on any atom is -0.353 e. The summed E-state index contributed by atoms with van der Waals surface area (Å²) in [4.78, 5) is 0. The summed E-state index contributed by atoms with van der Waals surface area (Å²) in [6.07, 6.45) is 0. The molecule has 1 aliphatic rings. The van der Waals surface area contributed by atoms with Gasteiger partial charge in [-0.3, -0.25) is 0 Å². The molecule has 0 N–H and O–H groups in total. The minimum absolute atomic E-state index is 0.145. The SMILES string of the molecule is BrC1(c2ccccc2)CO1. The van der Waals surface area contributed by atoms with E-state index in [1.54, 1.807) is 0 Å². The van der Waals surface area contributed by atoms with Crippen LogP contribution in [0.1, 0.15) is 5.56 Å². The van der Waals surface area contributed by atoms with E-state index in [0.717, 1.165) is 6.61 Å². The number of epoxide rings is 1. The van der Waals surface area contributed by atoms with Crippen LogP contribution in [0.3, 0.4) is 0 Å². The van der Waals surface area contributed by atoms with E-state index in [1.807, 2.05) is 18.2 Å². The zero-order valence-corrected chi connectivity index (χ0v) is 6.97. The Morgan fingerprint density at radius 1 is 1.30 bits per heavy atom. The van der Waals surface area contributed by atoms with Crippen LogP contribution in [0.5, 0.6) is 0 Å². The largest absolute Gasteiger partial charge is 0.353 e. The second kappa shape index (κ2) is 2.07. The van der Waals surface area contributed by atoms with Crippen LogP contribution in [-0.4, -0.2) is 6.61 Å². The van der Waals surface area contributed by atoms with Crippen LogP contribution in [0.2, 0.25) is 0 Å². The van der Waals surface area contributed by atoms with Gasteiger partial charge in [0, 0.05) is 0 Å². The summed E-state index contributed by atoms with van der Waals surface area (Å²) in [5, 5.41) is 0. The molecule has 0 amide bonds. The van der Waals surface area contributed by atoms with E-state index < -0.39 is 0 Å². The molecule has 1 nitrogen and oxygen atoms in total. The molecule has 52 valence electrons. The summed E-state index contributed by atoms with van der Waals surface area (Å²) in [6.45, 7) is 0.789. The lowest BCUT2D eigenvalue weighted by molar-refractivity contribution is 0.397. The van der Waals surface area contributed by atoms with Crippen LogP contribution < -0.4 is 0 Å². The first kappa shape index (κ1) is 6.38. The van der Waals surface area contributed by atoms with Crippen molar-refractivity contribution in [2.45, 2.75) is 4.51 Å². The summed E-state index contributed by atoms with van der Waals surface area (Å²) in [5.74, 6) is 0. The molecule has 1 saturated heterocycles. The van der Waals surface area contributed by atoms with Gasteiger partial charge in [-0.1, -0.05) is 30.3 Å². The van der Waals surface area contributed by atoms with Gasteiger partial charge in [0.25, 0.3) is 0 Å². The number of benzene rings is 1. The van der Waals surface area contributed by atoms with E-state index in [9.17, 15) is 0 Å². The van der Waals surface area contributed by atoms with Crippen LogP contribution in [0.15, 0.2) is 30.3 Å². The highest BCUT2D eigenvalue weighted by molar-refractivity contribution is 9.09. The molecule has 1 aromatic carbocycles. The third kappa shape index (κ3) is 0.976. The van der Waals surface area contributed by atoms with E-state index in [0.29, 0.717) is 0 Å². The van der Waals surface area contributed by atoms with Gasteiger partial charge in [-0.15, -0.1) is 0 Å². The molecule has 1 aliphatic heterocycles. The maximum absolute atomic E-state index is 5.20. The van der Waals surface area contributed by atoms with E-state index in [4.69, 9.17) is 4.74 Å². The normalized spacial score (nSPS) is 30.1. The number of alkyl halides is 1. The molecule has 0 radical (unpaired) electrons. The van der Waals surface area contributed by atoms with Crippen LogP contribution in [0, 0.1) is 0 Å². The fourth-order valence-electron chi connectivity index (χ4n) is 0.917. The van der Waals surface area contributed by atoms with Gasteiger partial charge in [-0.25, -0.2) is 0 Å². The smallest absolute Gasteiger partial charge is 0.171 e. The summed E-state index contributed by atoms with van der Waals surface area (Å²) in [7, 11) is 0. The molecule has 0 aliphatic carbocycles. The van der Waals surface area contributed by atoms with Gasteiger partial charge in [-0.2, -0.15) is 0 Å². The van der Waals surface area contributed by atoms with E-state index in [-0.39, 0.29) is 4.51 Å². The second-order valence-electron chi connectivity index (χ2n) is 2.38. The number of halogens is 1. The Kier molecular flexibility index (Phi) is 1.32. The van der Waals surface area contributed by atoms with Crippen molar-refractivity contribution in [3.63, 3.8) is 0 Å². The fourth-order valence-corrected chi connectivity index (χ4v) is 1.30. The molecule has 0 bridgehead atoms. The lowest BCUT2D eigenvalue weighted by atomic mass is 10.2. The molecule has 0 aromatic heterocycles. The van der Waals surface area contributed by atoms with Crippen molar-refractivity contribution in [3.8, 4) is 0 Å². The van der Waals surface area contributed by atoms with Gasteiger partial charge < -0.3 is 4.74 Å². The first-order valence-electron chi connectivity index (χ1n) is 3.20. The number of hydrogen-bond acceptors (Lipinski definition) is 1. The Morgan fingerprint density at radius 2 is 1.90 bits per heavy atom. The molecule has 1 heterocycles. The monoisotopic (exact) mass is 198 g/mol. The van der Waals surface area contributed by atoms with Gasteiger partial charge in [0.15, 0.2) is 4.51 Å². The molecule has 0 spiro atoms. The zero-order valence-electron chi connectivity index (χ0n) is 5.38. The number of rotatable bonds is 1. The Hall–Kier alpha value is -0.340. The van der Waals surface area contributed by atoms with Gasteiger partial charge in [-0.05, 0) is 21.5 Å². The summed E-state index contributed by atoms with van der Waals surface area (Å²) >= 11 is 3.48. The van der Waals surface area contributed by atoms with Gasteiger partial charge in [0.1, 0.15) is 0 Å². The van der Waals surface area contributed by atoms with Crippen molar-refractivity contribution in [3.05, 3.63) is 35.9 Å². The predicted octanol–water partition coefficient (Wildman–Crippen LogP) is 2.26. The van der Waals surface area contributed by atoms with Crippen LogP contribution >= 0.6 is 15.9 Å². The third-order valence-corrected chi connectivity index (χ3v) is 2.52. The Labute approximate surface area is 68.1 Å². The Bertz CT molecular complexity index is 228. The second-order valence-corrected chi connectivity index (χ2v) is 3.66. The molecule has 2 heteroatoms. The maximum Gasteiger partial charge on any atom is 0.171 e. The fraction of sp³-hybridized carbons (Fsp3) is 0.250. The molecule has 2 rings (SSSR count). The highest BCUT2D eigenvalue weighted by Crippen LogP contribution is 2.44. The minimum atomic E-state index is -0.145. The third-order valence-electron chi connectivity index (χ3n) is 1.60. The number of ether oxygens (including phenoxy) is 1. The Morgan fingerprint density at radius 3 is 2.40 bits per heavy atom.